The second kappa shape index (κ2) is 7.13. The lowest BCUT2D eigenvalue weighted by atomic mass is 10.1. The van der Waals surface area contributed by atoms with E-state index in [0.29, 0.717) is 39.7 Å². The van der Waals surface area contributed by atoms with Crippen LogP contribution in [0.1, 0.15) is 26.3 Å². The maximum absolute atomic E-state index is 12.5. The SMILES string of the molecule is COc1cc(OC)c2nc(Cl)c(CCN3C(=O)c4ccccc4C3=O)cc2c1. The first-order chi connectivity index (χ1) is 13.5. The van der Waals surface area contributed by atoms with Crippen LogP contribution in [0.5, 0.6) is 11.5 Å². The van der Waals surface area contributed by atoms with Crippen molar-refractivity contribution in [2.24, 2.45) is 0 Å². The van der Waals surface area contributed by atoms with Gasteiger partial charge >= 0.3 is 0 Å². The second-order valence-electron chi connectivity index (χ2n) is 6.40. The molecule has 142 valence electrons. The summed E-state index contributed by atoms with van der Waals surface area (Å²) in [6.45, 7) is 0.223. The summed E-state index contributed by atoms with van der Waals surface area (Å²) in [4.78, 5) is 30.7. The van der Waals surface area contributed by atoms with Crippen LogP contribution in [-0.2, 0) is 6.42 Å². The number of rotatable bonds is 5. The number of imide groups is 1. The summed E-state index contributed by atoms with van der Waals surface area (Å²) in [7, 11) is 3.13. The molecular formula is C21H17ClN2O4. The Hall–Kier alpha value is -3.12. The first kappa shape index (κ1) is 18.3. The number of carbonyl (C=O) groups is 2. The van der Waals surface area contributed by atoms with E-state index in [1.807, 2.05) is 12.1 Å². The van der Waals surface area contributed by atoms with Gasteiger partial charge in [0.25, 0.3) is 11.8 Å². The summed E-state index contributed by atoms with van der Waals surface area (Å²) >= 11 is 6.37. The normalized spacial score (nSPS) is 13.2. The average molecular weight is 397 g/mol. The summed E-state index contributed by atoms with van der Waals surface area (Å²) in [5.41, 5.74) is 2.23. The van der Waals surface area contributed by atoms with Gasteiger partial charge in [-0.3, -0.25) is 14.5 Å². The molecule has 0 saturated carbocycles. The molecule has 0 radical (unpaired) electrons. The van der Waals surface area contributed by atoms with E-state index in [1.165, 1.54) is 4.90 Å². The Kier molecular flexibility index (Phi) is 4.65. The Morgan fingerprint density at radius 2 is 1.68 bits per heavy atom. The van der Waals surface area contributed by atoms with Gasteiger partial charge in [0.2, 0.25) is 0 Å². The summed E-state index contributed by atoms with van der Waals surface area (Å²) in [5.74, 6) is 0.630. The Morgan fingerprint density at radius 3 is 2.29 bits per heavy atom. The standard InChI is InChI=1S/C21H17ClN2O4/c1-27-14-10-13-9-12(19(22)23-18(13)17(11-14)28-2)7-8-24-20(25)15-5-3-4-6-16(15)21(24)26/h3-6,9-11H,7-8H2,1-2H3. The van der Waals surface area contributed by atoms with E-state index in [4.69, 9.17) is 21.1 Å². The van der Waals surface area contributed by atoms with Crippen molar-refractivity contribution in [3.05, 3.63) is 64.3 Å². The van der Waals surface area contributed by atoms with Gasteiger partial charge < -0.3 is 9.47 Å². The van der Waals surface area contributed by atoms with Crippen LogP contribution in [0.4, 0.5) is 0 Å². The highest BCUT2D eigenvalue weighted by molar-refractivity contribution is 6.30. The zero-order chi connectivity index (χ0) is 19.8. The van der Waals surface area contributed by atoms with Crippen molar-refractivity contribution in [3.63, 3.8) is 0 Å². The van der Waals surface area contributed by atoms with Gasteiger partial charge in [-0.05, 0) is 36.2 Å². The number of aromatic nitrogens is 1. The molecule has 0 aliphatic carbocycles. The molecule has 2 heterocycles. The third kappa shape index (κ3) is 2.96. The van der Waals surface area contributed by atoms with Gasteiger partial charge in [-0.2, -0.15) is 0 Å². The molecule has 0 fully saturated rings. The van der Waals surface area contributed by atoms with E-state index in [9.17, 15) is 9.59 Å². The highest BCUT2D eigenvalue weighted by atomic mass is 35.5. The molecule has 7 heteroatoms. The van der Waals surface area contributed by atoms with Crippen molar-refractivity contribution in [2.75, 3.05) is 20.8 Å². The maximum atomic E-state index is 12.5. The number of ether oxygens (including phenoxy) is 2. The molecule has 2 aromatic carbocycles. The largest absolute Gasteiger partial charge is 0.497 e. The summed E-state index contributed by atoms with van der Waals surface area (Å²) in [5, 5.41) is 1.12. The minimum absolute atomic E-state index is 0.223. The molecule has 4 rings (SSSR count). The van der Waals surface area contributed by atoms with Crippen molar-refractivity contribution in [3.8, 4) is 11.5 Å². The molecule has 1 aliphatic heterocycles. The van der Waals surface area contributed by atoms with E-state index in [1.54, 1.807) is 44.6 Å². The van der Waals surface area contributed by atoms with Gasteiger partial charge in [0.05, 0.1) is 25.3 Å². The summed E-state index contributed by atoms with van der Waals surface area (Å²) in [6, 6.07) is 12.3. The molecule has 1 aromatic heterocycles. The summed E-state index contributed by atoms with van der Waals surface area (Å²) in [6.07, 6.45) is 0.396. The van der Waals surface area contributed by atoms with Crippen molar-refractivity contribution in [2.45, 2.75) is 6.42 Å². The van der Waals surface area contributed by atoms with Crippen molar-refractivity contribution >= 4 is 34.3 Å². The molecule has 0 bridgehead atoms. The molecule has 2 amide bonds. The molecule has 0 saturated heterocycles. The van der Waals surface area contributed by atoms with Crippen LogP contribution in [0.25, 0.3) is 10.9 Å². The minimum atomic E-state index is -0.284. The van der Waals surface area contributed by atoms with Crippen LogP contribution < -0.4 is 9.47 Å². The Morgan fingerprint density at radius 1 is 1.00 bits per heavy atom. The van der Waals surface area contributed by atoms with Gasteiger partial charge in [0.15, 0.2) is 0 Å². The first-order valence-electron chi connectivity index (χ1n) is 8.70. The molecule has 6 nitrogen and oxygen atoms in total. The Balaban J connectivity index is 1.63. The lowest BCUT2D eigenvalue weighted by Crippen LogP contribution is -2.31. The van der Waals surface area contributed by atoms with Crippen LogP contribution in [0.2, 0.25) is 5.15 Å². The highest BCUT2D eigenvalue weighted by Gasteiger charge is 2.34. The lowest BCUT2D eigenvalue weighted by molar-refractivity contribution is 0.0656. The van der Waals surface area contributed by atoms with E-state index in [-0.39, 0.29) is 18.4 Å². The predicted octanol–water partition coefficient (Wildman–Crippen LogP) is 3.74. The molecule has 0 atom stereocenters. The minimum Gasteiger partial charge on any atom is -0.497 e. The van der Waals surface area contributed by atoms with Gasteiger partial charge in [-0.15, -0.1) is 0 Å². The van der Waals surface area contributed by atoms with E-state index in [2.05, 4.69) is 4.98 Å². The molecular weight excluding hydrogens is 380 g/mol. The second-order valence-corrected chi connectivity index (χ2v) is 6.76. The van der Waals surface area contributed by atoms with Gasteiger partial charge in [0.1, 0.15) is 22.2 Å². The number of fused-ring (bicyclic) bond motifs is 2. The maximum Gasteiger partial charge on any atom is 0.261 e. The van der Waals surface area contributed by atoms with Crippen molar-refractivity contribution < 1.29 is 19.1 Å². The highest BCUT2D eigenvalue weighted by Crippen LogP contribution is 2.32. The fraction of sp³-hybridized carbons (Fsp3) is 0.190. The Labute approximate surface area is 166 Å². The van der Waals surface area contributed by atoms with E-state index >= 15 is 0 Å². The molecule has 1 aliphatic rings. The number of carbonyl (C=O) groups excluding carboxylic acids is 2. The van der Waals surface area contributed by atoms with E-state index < -0.39 is 0 Å². The predicted molar refractivity (Wildman–Crippen MR) is 105 cm³/mol. The number of hydrogen-bond acceptors (Lipinski definition) is 5. The van der Waals surface area contributed by atoms with Crippen molar-refractivity contribution in [1.82, 2.24) is 9.88 Å². The summed E-state index contributed by atoms with van der Waals surface area (Å²) < 4.78 is 10.7. The number of amides is 2. The monoisotopic (exact) mass is 396 g/mol. The molecule has 0 N–H and O–H groups in total. The molecule has 0 unspecified atom stereocenters. The van der Waals surface area contributed by atoms with Crippen LogP contribution in [0.15, 0.2) is 42.5 Å². The topological polar surface area (TPSA) is 68.7 Å². The van der Waals surface area contributed by atoms with Gasteiger partial charge in [-0.25, -0.2) is 4.98 Å². The number of nitrogens with zero attached hydrogens (tertiary/aromatic N) is 2. The quantitative estimate of drug-likeness (QED) is 0.485. The molecule has 28 heavy (non-hydrogen) atoms. The van der Waals surface area contributed by atoms with E-state index in [0.717, 1.165) is 10.9 Å². The molecule has 3 aromatic rings. The van der Waals surface area contributed by atoms with Crippen LogP contribution in [-0.4, -0.2) is 42.5 Å². The lowest BCUT2D eigenvalue weighted by Gasteiger charge is -2.15. The Bertz CT molecular complexity index is 1080. The van der Waals surface area contributed by atoms with Crippen LogP contribution >= 0.6 is 11.6 Å². The number of benzene rings is 2. The third-order valence-electron chi connectivity index (χ3n) is 4.82. The number of methoxy groups -OCH3 is 2. The number of hydrogen-bond donors (Lipinski definition) is 0. The molecule has 0 spiro atoms. The number of pyridine rings is 1. The fourth-order valence-corrected chi connectivity index (χ4v) is 3.61. The zero-order valence-electron chi connectivity index (χ0n) is 15.4. The van der Waals surface area contributed by atoms with Crippen molar-refractivity contribution in [1.29, 1.82) is 0 Å². The number of halogens is 1. The fourth-order valence-electron chi connectivity index (χ4n) is 3.37. The average Bonchev–Trinajstić information content (AvgIpc) is 2.96. The third-order valence-corrected chi connectivity index (χ3v) is 5.15. The smallest absolute Gasteiger partial charge is 0.261 e. The zero-order valence-corrected chi connectivity index (χ0v) is 16.1. The van der Waals surface area contributed by atoms with Gasteiger partial charge in [-0.1, -0.05) is 23.7 Å². The van der Waals surface area contributed by atoms with Crippen LogP contribution in [0.3, 0.4) is 0 Å². The first-order valence-corrected chi connectivity index (χ1v) is 9.07. The van der Waals surface area contributed by atoms with Crippen LogP contribution in [0, 0.1) is 0 Å². The van der Waals surface area contributed by atoms with Gasteiger partial charge in [0, 0.05) is 18.0 Å².